The SMILES string of the molecule is CCCC[Si](Cl)(Cl)C(C)(C)C. The molecule has 0 aromatic carbocycles. The molecule has 0 saturated heterocycles. The molecule has 0 aromatic heterocycles. The Balaban J connectivity index is 4.00. The molecule has 0 radical (unpaired) electrons. The maximum Gasteiger partial charge on any atom is 0.256 e. The second kappa shape index (κ2) is 4.15. The molecule has 11 heavy (non-hydrogen) atoms. The highest BCUT2D eigenvalue weighted by Gasteiger charge is 2.40. The molecule has 0 aliphatic heterocycles. The van der Waals surface area contributed by atoms with E-state index in [0.717, 1.165) is 12.5 Å². The lowest BCUT2D eigenvalue weighted by atomic mass is 10.2. The third-order valence-electron chi connectivity index (χ3n) is 1.94. The van der Waals surface area contributed by atoms with Crippen molar-refractivity contribution in [1.29, 1.82) is 0 Å². The first kappa shape index (κ1) is 11.8. The fourth-order valence-electron chi connectivity index (χ4n) is 0.774. The first-order valence-electron chi connectivity index (χ1n) is 4.19. The maximum absolute atomic E-state index is 6.30. The topological polar surface area (TPSA) is 0 Å². The Morgan fingerprint density at radius 2 is 1.64 bits per heavy atom. The van der Waals surface area contributed by atoms with Crippen LogP contribution in [-0.4, -0.2) is 6.69 Å². The van der Waals surface area contributed by atoms with Crippen molar-refractivity contribution in [1.82, 2.24) is 0 Å². The van der Waals surface area contributed by atoms with Gasteiger partial charge in [-0.25, -0.2) is 0 Å². The van der Waals surface area contributed by atoms with Crippen molar-refractivity contribution in [3.63, 3.8) is 0 Å². The zero-order chi connectivity index (χ0) is 9.12. The maximum atomic E-state index is 6.30. The van der Waals surface area contributed by atoms with E-state index in [-0.39, 0.29) is 5.04 Å². The summed E-state index contributed by atoms with van der Waals surface area (Å²) in [6, 6.07) is 1.02. The van der Waals surface area contributed by atoms with E-state index in [1.807, 2.05) is 0 Å². The molecule has 0 N–H and O–H groups in total. The van der Waals surface area contributed by atoms with Gasteiger partial charge in [0.25, 0.3) is 6.69 Å². The molecule has 68 valence electrons. The summed E-state index contributed by atoms with van der Waals surface area (Å²) in [5, 5.41) is 0.116. The zero-order valence-corrected chi connectivity index (χ0v) is 10.4. The van der Waals surface area contributed by atoms with Crippen LogP contribution in [0.4, 0.5) is 0 Å². The lowest BCUT2D eigenvalue weighted by Gasteiger charge is -2.31. The first-order valence-corrected chi connectivity index (χ1v) is 8.42. The molecule has 0 aromatic rings. The number of hydrogen-bond acceptors (Lipinski definition) is 0. The summed E-state index contributed by atoms with van der Waals surface area (Å²) in [4.78, 5) is 0. The molecule has 0 aliphatic rings. The van der Waals surface area contributed by atoms with Crippen LogP contribution in [0.15, 0.2) is 0 Å². The molecule has 0 nitrogen and oxygen atoms in total. The van der Waals surface area contributed by atoms with Gasteiger partial charge in [0.15, 0.2) is 0 Å². The minimum atomic E-state index is -1.98. The highest BCUT2D eigenvalue weighted by atomic mass is 35.7. The molecule has 0 aliphatic carbocycles. The second-order valence-corrected chi connectivity index (χ2v) is 11.9. The predicted octanol–water partition coefficient (Wildman–Crippen LogP) is 4.51. The van der Waals surface area contributed by atoms with Crippen LogP contribution in [0.25, 0.3) is 0 Å². The Bertz CT molecular complexity index is 116. The van der Waals surface area contributed by atoms with Gasteiger partial charge in [0.2, 0.25) is 0 Å². The molecule has 0 fully saturated rings. The van der Waals surface area contributed by atoms with Crippen molar-refractivity contribution in [3.05, 3.63) is 0 Å². The van der Waals surface area contributed by atoms with E-state index in [9.17, 15) is 0 Å². The normalized spacial score (nSPS) is 13.6. The van der Waals surface area contributed by atoms with Crippen LogP contribution in [0, 0.1) is 0 Å². The molecule has 0 rings (SSSR count). The molecule has 0 saturated carbocycles. The van der Waals surface area contributed by atoms with Crippen molar-refractivity contribution in [2.75, 3.05) is 0 Å². The quantitative estimate of drug-likeness (QED) is 0.478. The summed E-state index contributed by atoms with van der Waals surface area (Å²) in [7, 11) is 0. The summed E-state index contributed by atoms with van der Waals surface area (Å²) in [5.41, 5.74) is 0. The Labute approximate surface area is 80.7 Å². The molecular formula is C8H18Cl2Si. The van der Waals surface area contributed by atoms with Crippen LogP contribution in [-0.2, 0) is 0 Å². The fraction of sp³-hybridized carbons (Fsp3) is 1.00. The van der Waals surface area contributed by atoms with Gasteiger partial charge in [0, 0.05) is 0 Å². The standard InChI is InChI=1S/C8H18Cl2Si/c1-5-6-7-11(9,10)8(2,3)4/h5-7H2,1-4H3. The van der Waals surface area contributed by atoms with Crippen molar-refractivity contribution in [2.24, 2.45) is 0 Å². The van der Waals surface area contributed by atoms with Gasteiger partial charge in [0.1, 0.15) is 0 Å². The van der Waals surface area contributed by atoms with Crippen LogP contribution < -0.4 is 0 Å². The highest BCUT2D eigenvalue weighted by molar-refractivity contribution is 7.46. The largest absolute Gasteiger partial charge is 0.256 e. The number of halogens is 2. The van der Waals surface area contributed by atoms with E-state index in [2.05, 4.69) is 27.7 Å². The smallest absolute Gasteiger partial charge is 0.145 e. The van der Waals surface area contributed by atoms with Gasteiger partial charge in [-0.05, 0) is 11.1 Å². The minimum absolute atomic E-state index is 0.116. The Morgan fingerprint density at radius 3 is 1.91 bits per heavy atom. The van der Waals surface area contributed by atoms with Gasteiger partial charge in [-0.3, -0.25) is 0 Å². The molecule has 3 heteroatoms. The van der Waals surface area contributed by atoms with Crippen molar-refractivity contribution < 1.29 is 0 Å². The Hall–Kier alpha value is 0.797. The van der Waals surface area contributed by atoms with E-state index in [4.69, 9.17) is 22.2 Å². The van der Waals surface area contributed by atoms with E-state index in [1.165, 1.54) is 6.42 Å². The van der Waals surface area contributed by atoms with Gasteiger partial charge >= 0.3 is 0 Å². The van der Waals surface area contributed by atoms with Gasteiger partial charge in [-0.15, -0.1) is 22.2 Å². The molecule has 0 atom stereocenters. The van der Waals surface area contributed by atoms with Crippen LogP contribution >= 0.6 is 22.2 Å². The summed E-state index contributed by atoms with van der Waals surface area (Å²) >= 11 is 12.6. The number of rotatable bonds is 3. The van der Waals surface area contributed by atoms with Gasteiger partial charge in [-0.2, -0.15) is 0 Å². The highest BCUT2D eigenvalue weighted by Crippen LogP contribution is 2.45. The number of unbranched alkanes of at least 4 members (excludes halogenated alkanes) is 1. The van der Waals surface area contributed by atoms with Crippen molar-refractivity contribution in [2.45, 2.75) is 51.6 Å². The van der Waals surface area contributed by atoms with E-state index >= 15 is 0 Å². The predicted molar refractivity (Wildman–Crippen MR) is 56.9 cm³/mol. The molecule has 0 heterocycles. The minimum Gasteiger partial charge on any atom is -0.145 e. The van der Waals surface area contributed by atoms with E-state index < -0.39 is 6.69 Å². The van der Waals surface area contributed by atoms with E-state index in [0.29, 0.717) is 0 Å². The third kappa shape index (κ3) is 3.82. The zero-order valence-electron chi connectivity index (χ0n) is 7.88. The molecule has 0 unspecified atom stereocenters. The molecule has 0 spiro atoms. The lowest BCUT2D eigenvalue weighted by Crippen LogP contribution is -2.31. The first-order chi connectivity index (χ1) is 4.81. The third-order valence-corrected chi connectivity index (χ3v) is 9.65. The molecule has 0 bridgehead atoms. The summed E-state index contributed by atoms with van der Waals surface area (Å²) in [6.07, 6.45) is 2.35. The van der Waals surface area contributed by atoms with Crippen LogP contribution in [0.1, 0.15) is 40.5 Å². The van der Waals surface area contributed by atoms with E-state index in [1.54, 1.807) is 0 Å². The van der Waals surface area contributed by atoms with Gasteiger partial charge < -0.3 is 0 Å². The average molecular weight is 213 g/mol. The summed E-state index contributed by atoms with van der Waals surface area (Å²) in [5.74, 6) is 0. The van der Waals surface area contributed by atoms with Gasteiger partial charge in [0.05, 0.1) is 0 Å². The Kier molecular flexibility index (Phi) is 4.45. The fourth-order valence-corrected chi connectivity index (χ4v) is 3.12. The van der Waals surface area contributed by atoms with Crippen LogP contribution in [0.2, 0.25) is 11.1 Å². The molecular weight excluding hydrogens is 195 g/mol. The summed E-state index contributed by atoms with van der Waals surface area (Å²) < 4.78 is 0. The second-order valence-electron chi connectivity index (χ2n) is 4.06. The lowest BCUT2D eigenvalue weighted by molar-refractivity contribution is 0.726. The van der Waals surface area contributed by atoms with Crippen molar-refractivity contribution in [3.8, 4) is 0 Å². The van der Waals surface area contributed by atoms with Crippen molar-refractivity contribution >= 4 is 28.9 Å². The van der Waals surface area contributed by atoms with Gasteiger partial charge in [-0.1, -0.05) is 40.5 Å². The molecule has 0 amide bonds. The van der Waals surface area contributed by atoms with Crippen LogP contribution in [0.5, 0.6) is 0 Å². The monoisotopic (exact) mass is 212 g/mol. The average Bonchev–Trinajstić information content (AvgIpc) is 1.81. The number of hydrogen-bond donors (Lipinski definition) is 0. The summed E-state index contributed by atoms with van der Waals surface area (Å²) in [6.45, 7) is 6.59. The van der Waals surface area contributed by atoms with Crippen LogP contribution in [0.3, 0.4) is 0 Å². The Morgan fingerprint density at radius 1 is 1.18 bits per heavy atom.